The van der Waals surface area contributed by atoms with Crippen molar-refractivity contribution in [3.63, 3.8) is 0 Å². The molecule has 7 nitrogen and oxygen atoms in total. The summed E-state index contributed by atoms with van der Waals surface area (Å²) in [7, 11) is 1.50. The third-order valence-electron chi connectivity index (χ3n) is 6.95. The maximum absolute atomic E-state index is 13.1. The maximum Gasteiger partial charge on any atom is 0.338 e. The normalized spacial score (nSPS) is 25.2. The van der Waals surface area contributed by atoms with E-state index < -0.39 is 12.6 Å². The first-order chi connectivity index (χ1) is 15.9. The van der Waals surface area contributed by atoms with Crippen LogP contribution in [0.25, 0.3) is 0 Å². The van der Waals surface area contributed by atoms with Gasteiger partial charge in [-0.3, -0.25) is 14.4 Å². The lowest BCUT2D eigenvalue weighted by molar-refractivity contribution is -0.123. The highest BCUT2D eigenvalue weighted by Crippen LogP contribution is 2.55. The number of anilines is 1. The van der Waals surface area contributed by atoms with E-state index in [4.69, 9.17) is 9.47 Å². The van der Waals surface area contributed by atoms with Crippen molar-refractivity contribution in [1.82, 2.24) is 0 Å². The summed E-state index contributed by atoms with van der Waals surface area (Å²) in [4.78, 5) is 52.4. The summed E-state index contributed by atoms with van der Waals surface area (Å²) in [5.41, 5.74) is 2.07. The molecule has 2 amide bonds. The van der Waals surface area contributed by atoms with E-state index >= 15 is 0 Å². The van der Waals surface area contributed by atoms with Crippen LogP contribution in [0.5, 0.6) is 5.75 Å². The number of amides is 2. The standard InChI is InChI=1S/C26H23NO6/c1-14-9-17-12-20(14)23-22(17)24(29)27(25(23)30)18-7-3-6-16(10-18)26(31)33-13-21(28)15-5-4-8-19(11-15)32-2/h3-11,17,20,22-23H,12-13H2,1-2H3/t17-,20-,22+,23+/m0/s1. The van der Waals surface area contributed by atoms with E-state index in [9.17, 15) is 19.2 Å². The van der Waals surface area contributed by atoms with E-state index in [1.165, 1.54) is 29.7 Å². The van der Waals surface area contributed by atoms with Gasteiger partial charge < -0.3 is 9.47 Å². The van der Waals surface area contributed by atoms with Crippen LogP contribution >= 0.6 is 0 Å². The van der Waals surface area contributed by atoms with Gasteiger partial charge in [-0.05, 0) is 55.5 Å². The first-order valence-electron chi connectivity index (χ1n) is 10.9. The van der Waals surface area contributed by atoms with Crippen LogP contribution in [0.4, 0.5) is 5.69 Å². The highest BCUT2D eigenvalue weighted by molar-refractivity contribution is 6.23. The Bertz CT molecular complexity index is 1210. The lowest BCUT2D eigenvalue weighted by Gasteiger charge is -2.19. The van der Waals surface area contributed by atoms with E-state index in [2.05, 4.69) is 6.08 Å². The Morgan fingerprint density at radius 3 is 2.52 bits per heavy atom. The van der Waals surface area contributed by atoms with Crippen LogP contribution < -0.4 is 9.64 Å². The van der Waals surface area contributed by atoms with Gasteiger partial charge in [0.2, 0.25) is 11.8 Å². The highest BCUT2D eigenvalue weighted by atomic mass is 16.5. The molecule has 1 aliphatic heterocycles. The molecule has 0 aromatic heterocycles. The number of carbonyl (C=O) groups is 4. The third kappa shape index (κ3) is 3.44. The van der Waals surface area contributed by atoms with Crippen LogP contribution in [0.15, 0.2) is 60.2 Å². The minimum absolute atomic E-state index is 0.109. The van der Waals surface area contributed by atoms with Gasteiger partial charge in [0, 0.05) is 5.56 Å². The Balaban J connectivity index is 1.30. The molecule has 0 spiro atoms. The van der Waals surface area contributed by atoms with Gasteiger partial charge in [0.05, 0.1) is 30.2 Å². The molecule has 2 aromatic carbocycles. The summed E-state index contributed by atoms with van der Waals surface area (Å²) in [5.74, 6) is -1.35. The predicted molar refractivity (Wildman–Crippen MR) is 119 cm³/mol. The second-order valence-electron chi connectivity index (χ2n) is 8.76. The summed E-state index contributed by atoms with van der Waals surface area (Å²) in [6.45, 7) is 1.58. The molecule has 168 valence electrons. The van der Waals surface area contributed by atoms with Crippen LogP contribution in [0.2, 0.25) is 0 Å². The van der Waals surface area contributed by atoms with Gasteiger partial charge in [0.25, 0.3) is 0 Å². The zero-order valence-corrected chi connectivity index (χ0v) is 18.3. The molecule has 2 bridgehead atoms. The SMILES string of the molecule is COc1cccc(C(=O)COC(=O)c2cccc(N3C(=O)[C@H]4[C@H](C3=O)[C@H]3C[C@@H]4C=C3C)c2)c1. The molecule has 2 aromatic rings. The molecule has 0 radical (unpaired) electrons. The Morgan fingerprint density at radius 2 is 1.73 bits per heavy atom. The number of Topliss-reactive ketones (excluding diaryl/α,β-unsaturated/α-hetero) is 1. The van der Waals surface area contributed by atoms with Crippen molar-refractivity contribution in [1.29, 1.82) is 0 Å². The van der Waals surface area contributed by atoms with Crippen molar-refractivity contribution in [2.75, 3.05) is 18.6 Å². The van der Waals surface area contributed by atoms with Crippen molar-refractivity contribution in [2.45, 2.75) is 13.3 Å². The number of nitrogens with zero attached hydrogens (tertiary/aromatic N) is 1. The molecule has 1 heterocycles. The maximum atomic E-state index is 13.1. The minimum atomic E-state index is -0.704. The fourth-order valence-corrected chi connectivity index (χ4v) is 5.40. The quantitative estimate of drug-likeness (QED) is 0.293. The number of imide groups is 1. The molecule has 0 unspecified atom stereocenters. The molecule has 2 fully saturated rings. The fourth-order valence-electron chi connectivity index (χ4n) is 5.40. The number of allylic oxidation sites excluding steroid dienone is 2. The number of methoxy groups -OCH3 is 1. The van der Waals surface area contributed by atoms with Crippen molar-refractivity contribution in [3.05, 3.63) is 71.3 Å². The summed E-state index contributed by atoms with van der Waals surface area (Å²) in [5, 5.41) is 0. The smallest absolute Gasteiger partial charge is 0.338 e. The zero-order chi connectivity index (χ0) is 23.3. The molecule has 33 heavy (non-hydrogen) atoms. The molecule has 0 N–H and O–H groups in total. The summed E-state index contributed by atoms with van der Waals surface area (Å²) < 4.78 is 10.3. The lowest BCUT2D eigenvalue weighted by Crippen LogP contribution is -2.33. The van der Waals surface area contributed by atoms with Crippen LogP contribution in [0.1, 0.15) is 34.1 Å². The summed E-state index contributed by atoms with van der Waals surface area (Å²) in [6.07, 6.45) is 2.98. The fraction of sp³-hybridized carbons (Fsp3) is 0.308. The second-order valence-corrected chi connectivity index (χ2v) is 8.76. The van der Waals surface area contributed by atoms with E-state index in [1.54, 1.807) is 36.4 Å². The Hall–Kier alpha value is -3.74. The van der Waals surface area contributed by atoms with Gasteiger partial charge in [0.1, 0.15) is 5.75 Å². The molecule has 4 atom stereocenters. The van der Waals surface area contributed by atoms with Gasteiger partial charge in [-0.2, -0.15) is 0 Å². The van der Waals surface area contributed by atoms with E-state index in [0.717, 1.165) is 6.42 Å². The van der Waals surface area contributed by atoms with Crippen LogP contribution in [-0.2, 0) is 14.3 Å². The number of ketones is 1. The third-order valence-corrected chi connectivity index (χ3v) is 6.95. The van der Waals surface area contributed by atoms with E-state index in [-0.39, 0.29) is 46.8 Å². The van der Waals surface area contributed by atoms with E-state index in [1.807, 2.05) is 6.92 Å². The van der Waals surface area contributed by atoms with Crippen LogP contribution in [0, 0.1) is 23.7 Å². The van der Waals surface area contributed by atoms with Gasteiger partial charge in [-0.25, -0.2) is 9.69 Å². The average Bonchev–Trinajstić information content (AvgIpc) is 3.47. The number of benzene rings is 2. The van der Waals surface area contributed by atoms with Gasteiger partial charge >= 0.3 is 5.97 Å². The molecule has 3 aliphatic rings. The number of fused-ring (bicyclic) bond motifs is 5. The van der Waals surface area contributed by atoms with Gasteiger partial charge in [-0.1, -0.05) is 29.8 Å². The van der Waals surface area contributed by atoms with E-state index in [0.29, 0.717) is 17.0 Å². The molecule has 7 heteroatoms. The van der Waals surface area contributed by atoms with Crippen molar-refractivity contribution < 1.29 is 28.7 Å². The van der Waals surface area contributed by atoms with Crippen molar-refractivity contribution in [3.8, 4) is 5.75 Å². The van der Waals surface area contributed by atoms with Crippen molar-refractivity contribution >= 4 is 29.3 Å². The molecule has 1 saturated heterocycles. The largest absolute Gasteiger partial charge is 0.497 e. The topological polar surface area (TPSA) is 90.0 Å². The first-order valence-corrected chi connectivity index (χ1v) is 10.9. The molecule has 5 rings (SSSR count). The molecule has 2 aliphatic carbocycles. The number of ether oxygens (including phenoxy) is 2. The average molecular weight is 445 g/mol. The van der Waals surface area contributed by atoms with Gasteiger partial charge in [-0.15, -0.1) is 0 Å². The summed E-state index contributed by atoms with van der Waals surface area (Å²) >= 11 is 0. The Kier molecular flexibility index (Phi) is 5.12. The molecule has 1 saturated carbocycles. The predicted octanol–water partition coefficient (Wildman–Crippen LogP) is 3.44. The Morgan fingerprint density at radius 1 is 1.00 bits per heavy atom. The van der Waals surface area contributed by atoms with Crippen LogP contribution in [0.3, 0.4) is 0 Å². The molecular formula is C26H23NO6. The lowest BCUT2D eigenvalue weighted by atomic mass is 9.82. The molecular weight excluding hydrogens is 422 g/mol. The highest BCUT2D eigenvalue weighted by Gasteiger charge is 2.60. The number of hydrogen-bond donors (Lipinski definition) is 0. The first kappa shape index (κ1) is 21.1. The number of hydrogen-bond acceptors (Lipinski definition) is 6. The summed E-state index contributed by atoms with van der Waals surface area (Å²) in [6, 6.07) is 12.8. The zero-order valence-electron chi connectivity index (χ0n) is 18.3. The second kappa shape index (κ2) is 7.99. The minimum Gasteiger partial charge on any atom is -0.497 e. The van der Waals surface area contributed by atoms with Gasteiger partial charge in [0.15, 0.2) is 12.4 Å². The Labute approximate surface area is 191 Å². The number of carbonyl (C=O) groups excluding carboxylic acids is 4. The monoisotopic (exact) mass is 445 g/mol. The number of esters is 1. The van der Waals surface area contributed by atoms with Crippen LogP contribution in [-0.4, -0.2) is 37.3 Å². The van der Waals surface area contributed by atoms with Crippen molar-refractivity contribution in [2.24, 2.45) is 23.7 Å². The number of rotatable bonds is 6.